The highest BCUT2D eigenvalue weighted by Gasteiger charge is 2.50. The Balaban J connectivity index is 1.37. The molecule has 2 unspecified atom stereocenters. The Morgan fingerprint density at radius 3 is 2.34 bits per heavy atom. The van der Waals surface area contributed by atoms with Crippen LogP contribution in [0.4, 0.5) is 0 Å². The number of hydrogen-bond donors (Lipinski definition) is 6. The summed E-state index contributed by atoms with van der Waals surface area (Å²) in [6, 6.07) is 3.68. The van der Waals surface area contributed by atoms with Crippen molar-refractivity contribution in [1.82, 2.24) is 5.32 Å². The Morgan fingerprint density at radius 2 is 1.70 bits per heavy atom. The summed E-state index contributed by atoms with van der Waals surface area (Å²) >= 11 is 0. The average Bonchev–Trinajstić information content (AvgIpc) is 3.10. The lowest BCUT2D eigenvalue weighted by atomic mass is 9.72. The zero-order valence-corrected chi connectivity index (χ0v) is 29.6. The lowest BCUT2D eigenvalue weighted by Gasteiger charge is -2.43. The molecule has 17 nitrogen and oxygen atoms in total. The van der Waals surface area contributed by atoms with Crippen molar-refractivity contribution in [2.75, 3.05) is 33.5 Å². The summed E-state index contributed by atoms with van der Waals surface area (Å²) in [7, 11) is 1.31. The Labute approximate surface area is 303 Å². The first-order chi connectivity index (χ1) is 25.1. The quantitative estimate of drug-likeness (QED) is 0.0568. The van der Waals surface area contributed by atoms with Crippen LogP contribution >= 0.6 is 0 Å². The Kier molecular flexibility index (Phi) is 12.2. The van der Waals surface area contributed by atoms with E-state index in [9.17, 15) is 49.5 Å². The van der Waals surface area contributed by atoms with Gasteiger partial charge in [-0.1, -0.05) is 12.1 Å². The van der Waals surface area contributed by atoms with E-state index < -0.39 is 114 Å². The summed E-state index contributed by atoms with van der Waals surface area (Å²) in [5, 5.41) is 58.5. The van der Waals surface area contributed by atoms with Crippen molar-refractivity contribution in [2.24, 2.45) is 0 Å². The fourth-order valence-corrected chi connectivity index (χ4v) is 7.03. The van der Waals surface area contributed by atoms with Gasteiger partial charge >= 0.3 is 11.9 Å². The summed E-state index contributed by atoms with van der Waals surface area (Å²) < 4.78 is 32.9. The molecule has 0 saturated carbocycles. The number of Topliss-reactive ketones (excluding diaryl/α,β-unsaturated/α-hetero) is 1. The molecule has 0 aromatic heterocycles. The van der Waals surface area contributed by atoms with Gasteiger partial charge in [0.05, 0.1) is 55.3 Å². The molecular weight excluding hydrogens is 702 g/mol. The third kappa shape index (κ3) is 8.06. The summed E-state index contributed by atoms with van der Waals surface area (Å²) in [4.78, 5) is 63.0. The predicted molar refractivity (Wildman–Crippen MR) is 178 cm³/mol. The second-order valence-corrected chi connectivity index (χ2v) is 13.1. The van der Waals surface area contributed by atoms with Crippen molar-refractivity contribution in [3.63, 3.8) is 0 Å². The Morgan fingerprint density at radius 1 is 1.02 bits per heavy atom. The monoisotopic (exact) mass is 745 g/mol. The molecule has 1 aliphatic heterocycles. The van der Waals surface area contributed by atoms with Crippen LogP contribution in [0.2, 0.25) is 0 Å². The fraction of sp³-hybridized carbons (Fsp3) is 0.528. The number of benzene rings is 2. The number of phenolic OH excluding ortho intramolecular Hbond substituents is 2. The van der Waals surface area contributed by atoms with E-state index in [-0.39, 0.29) is 60.6 Å². The van der Waals surface area contributed by atoms with E-state index >= 15 is 0 Å². The number of fused-ring (bicyclic) bond motifs is 3. The van der Waals surface area contributed by atoms with Crippen LogP contribution in [0, 0.1) is 0 Å². The minimum atomic E-state index is -2.31. The van der Waals surface area contributed by atoms with Gasteiger partial charge in [-0.25, -0.2) is 0 Å². The highest BCUT2D eigenvalue weighted by Crippen LogP contribution is 2.52. The van der Waals surface area contributed by atoms with Crippen LogP contribution in [0.3, 0.4) is 0 Å². The van der Waals surface area contributed by atoms with Crippen LogP contribution in [-0.4, -0.2) is 125 Å². The van der Waals surface area contributed by atoms with Gasteiger partial charge in [0, 0.05) is 68.8 Å². The molecule has 1 fully saturated rings. The van der Waals surface area contributed by atoms with E-state index in [0.29, 0.717) is 0 Å². The molecule has 288 valence electrons. The topological polar surface area (TPSA) is 254 Å². The maximum Gasteiger partial charge on any atom is 0.305 e. The molecule has 2 aromatic rings. The summed E-state index contributed by atoms with van der Waals surface area (Å²) in [5.41, 5.74) is -3.92. The number of esters is 2. The van der Waals surface area contributed by atoms with Gasteiger partial charge in [-0.2, -0.15) is 0 Å². The maximum atomic E-state index is 13.9. The van der Waals surface area contributed by atoms with Gasteiger partial charge in [0.15, 0.2) is 17.9 Å². The molecule has 0 spiro atoms. The van der Waals surface area contributed by atoms with E-state index in [1.54, 1.807) is 6.92 Å². The van der Waals surface area contributed by atoms with E-state index in [0.717, 1.165) is 0 Å². The normalized spacial score (nSPS) is 24.9. The number of phenols is 2. The zero-order chi connectivity index (χ0) is 38.8. The number of methoxy groups -OCH3 is 1. The van der Waals surface area contributed by atoms with Crippen molar-refractivity contribution < 1.29 is 77.9 Å². The summed E-state index contributed by atoms with van der Waals surface area (Å²) in [6.07, 6.45) is -6.55. The van der Waals surface area contributed by atoms with Gasteiger partial charge in [0.1, 0.15) is 29.5 Å². The third-order valence-electron chi connectivity index (χ3n) is 9.51. The number of aliphatic hydroxyl groups excluding tert-OH is 2. The fourth-order valence-electron chi connectivity index (χ4n) is 7.03. The minimum Gasteiger partial charge on any atom is -0.507 e. The predicted octanol–water partition coefficient (Wildman–Crippen LogP) is 0.491. The van der Waals surface area contributed by atoms with Crippen molar-refractivity contribution in [2.45, 2.75) is 89.0 Å². The number of aliphatic hydroxyl groups is 3. The molecule has 17 heteroatoms. The van der Waals surface area contributed by atoms with Crippen molar-refractivity contribution >= 4 is 29.3 Å². The number of hydrogen-bond acceptors (Lipinski definition) is 17. The number of carbonyl (C=O) groups excluding carboxylic acids is 5. The van der Waals surface area contributed by atoms with Gasteiger partial charge < -0.3 is 59.3 Å². The first-order valence-electron chi connectivity index (χ1n) is 17.0. The highest BCUT2D eigenvalue weighted by atomic mass is 16.7. The molecule has 2 aromatic carbocycles. The molecule has 0 bridgehead atoms. The highest BCUT2D eigenvalue weighted by molar-refractivity contribution is 6.31. The molecule has 6 atom stereocenters. The number of rotatable bonds is 14. The maximum absolute atomic E-state index is 13.9. The second-order valence-electron chi connectivity index (χ2n) is 13.1. The molecule has 1 heterocycles. The van der Waals surface area contributed by atoms with E-state index in [1.807, 2.05) is 0 Å². The SMILES string of the molecule is COc1cccc2c1C(=O)c1c(O)c3c(c(O)c1C2=O)CC(O)(C(=O)CO)CC3O[C@H]1C[C@H](NCCOCCC(OC(C)=O)OC(C)=O)[C@H](O)[C@H](C)O1. The van der Waals surface area contributed by atoms with Crippen molar-refractivity contribution in [1.29, 1.82) is 0 Å². The zero-order valence-electron chi connectivity index (χ0n) is 29.6. The number of aromatic hydroxyl groups is 2. The summed E-state index contributed by atoms with van der Waals surface area (Å²) in [5.74, 6) is -5.23. The van der Waals surface area contributed by atoms with Gasteiger partial charge in [0.2, 0.25) is 12.1 Å². The van der Waals surface area contributed by atoms with E-state index in [2.05, 4.69) is 5.32 Å². The van der Waals surface area contributed by atoms with E-state index in [4.69, 9.17) is 28.4 Å². The van der Waals surface area contributed by atoms with Gasteiger partial charge in [-0.05, 0) is 13.0 Å². The lowest BCUT2D eigenvalue weighted by molar-refractivity contribution is -0.250. The first kappa shape index (κ1) is 39.7. The number of carbonyl (C=O) groups is 5. The molecule has 1 saturated heterocycles. The molecule has 0 radical (unpaired) electrons. The van der Waals surface area contributed by atoms with Crippen LogP contribution in [-0.2, 0) is 44.5 Å². The van der Waals surface area contributed by atoms with E-state index in [1.165, 1.54) is 39.2 Å². The minimum absolute atomic E-state index is 0.00433. The largest absolute Gasteiger partial charge is 0.507 e. The number of ketones is 3. The smallest absolute Gasteiger partial charge is 0.305 e. The average molecular weight is 746 g/mol. The van der Waals surface area contributed by atoms with Gasteiger partial charge in [-0.3, -0.25) is 24.0 Å². The van der Waals surface area contributed by atoms with Crippen LogP contribution in [0.25, 0.3) is 0 Å². The van der Waals surface area contributed by atoms with Crippen LogP contribution in [0.15, 0.2) is 18.2 Å². The lowest BCUT2D eigenvalue weighted by Crippen LogP contribution is -2.55. The second kappa shape index (κ2) is 16.3. The molecule has 53 heavy (non-hydrogen) atoms. The Hall–Kier alpha value is -4.49. The molecule has 5 rings (SSSR count). The molecular formula is C36H43NO16. The number of nitrogens with one attached hydrogen (secondary N) is 1. The standard InChI is InChI=1S/C36H43NO16/c1-16-31(42)21(37-9-11-49-10-8-25(51-17(2)39)52-18(3)40)12-26(50-16)53-23-14-36(47,24(41)15-38)13-20-28(23)35(46)30-29(33(20)44)32(43)19-6-5-7-22(48-4)27(19)34(30)45/h5-7,16,21,23,25-26,31,37-38,42,44,46-47H,8-15H2,1-4H3/t16-,21-,23?,26-,31+,36?/m0/s1. The molecule has 0 amide bonds. The molecule has 2 aliphatic carbocycles. The van der Waals surface area contributed by atoms with Crippen LogP contribution in [0.1, 0.15) is 89.1 Å². The molecule has 3 aliphatic rings. The number of ether oxygens (including phenoxy) is 6. The third-order valence-corrected chi connectivity index (χ3v) is 9.51. The van der Waals surface area contributed by atoms with Gasteiger partial charge in [0.25, 0.3) is 0 Å². The van der Waals surface area contributed by atoms with Crippen LogP contribution < -0.4 is 10.1 Å². The van der Waals surface area contributed by atoms with Gasteiger partial charge in [-0.15, -0.1) is 0 Å². The van der Waals surface area contributed by atoms with Crippen molar-refractivity contribution in [3.8, 4) is 17.2 Å². The first-order valence-corrected chi connectivity index (χ1v) is 17.0. The molecule has 6 N–H and O–H groups in total. The van der Waals surface area contributed by atoms with Crippen molar-refractivity contribution in [3.05, 3.63) is 51.6 Å². The van der Waals surface area contributed by atoms with Crippen LogP contribution in [0.5, 0.6) is 17.2 Å². The summed E-state index contributed by atoms with van der Waals surface area (Å²) in [6.45, 7) is 3.33. The Bertz CT molecular complexity index is 1760.